The monoisotopic (exact) mass is 275 g/mol. The smallest absolute Gasteiger partial charge is 0.271 e. The number of ether oxygens (including phenoxy) is 1. The Balaban J connectivity index is 2.07. The first-order chi connectivity index (χ1) is 9.69. The number of nitrogens with zero attached hydrogens (tertiary/aromatic N) is 3. The van der Waals surface area contributed by atoms with Gasteiger partial charge >= 0.3 is 0 Å². The van der Waals surface area contributed by atoms with Crippen LogP contribution in [0.2, 0.25) is 0 Å². The Labute approximate surface area is 114 Å². The number of aromatic hydroxyl groups is 1. The van der Waals surface area contributed by atoms with Crippen LogP contribution in [0.1, 0.15) is 12.5 Å². The van der Waals surface area contributed by atoms with Crippen LogP contribution in [0.5, 0.6) is 11.5 Å². The van der Waals surface area contributed by atoms with Crippen LogP contribution >= 0.6 is 0 Å². The Kier molecular flexibility index (Phi) is 4.28. The van der Waals surface area contributed by atoms with Gasteiger partial charge in [0.05, 0.1) is 12.8 Å². The molecule has 0 saturated carbocycles. The number of hydrogen-bond donors (Lipinski definition) is 3. The van der Waals surface area contributed by atoms with E-state index in [1.54, 1.807) is 12.1 Å². The molecule has 0 unspecified atom stereocenters. The minimum Gasteiger partial charge on any atom is -0.504 e. The lowest BCUT2D eigenvalue weighted by Crippen LogP contribution is -2.10. The molecule has 1 heterocycles. The first-order valence-electron chi connectivity index (χ1n) is 5.86. The molecule has 0 atom stereocenters. The molecular weight excluding hydrogens is 262 g/mol. The van der Waals surface area contributed by atoms with E-state index in [0.29, 0.717) is 17.9 Å². The zero-order valence-electron chi connectivity index (χ0n) is 10.7. The molecular formula is C12H13N5O3. The lowest BCUT2D eigenvalue weighted by Gasteiger charge is -2.05. The molecule has 104 valence electrons. The summed E-state index contributed by atoms with van der Waals surface area (Å²) in [5.74, 6) is 0.581. The van der Waals surface area contributed by atoms with Crippen LogP contribution in [0, 0.1) is 0 Å². The van der Waals surface area contributed by atoms with Crippen molar-refractivity contribution in [1.82, 2.24) is 15.2 Å². The van der Waals surface area contributed by atoms with E-state index in [4.69, 9.17) is 4.74 Å². The number of H-pyrrole nitrogens is 1. The highest BCUT2D eigenvalue weighted by molar-refractivity contribution is 5.81. The summed E-state index contributed by atoms with van der Waals surface area (Å²) < 4.78 is 5.26. The van der Waals surface area contributed by atoms with E-state index in [2.05, 4.69) is 25.7 Å². The van der Waals surface area contributed by atoms with Crippen molar-refractivity contribution in [2.45, 2.75) is 6.92 Å². The summed E-state index contributed by atoms with van der Waals surface area (Å²) in [6.07, 6.45) is 2.55. The molecule has 0 aliphatic heterocycles. The van der Waals surface area contributed by atoms with Crippen molar-refractivity contribution in [3.05, 3.63) is 40.3 Å². The molecule has 3 N–H and O–H groups in total. The Morgan fingerprint density at radius 1 is 1.55 bits per heavy atom. The van der Waals surface area contributed by atoms with Gasteiger partial charge in [-0.2, -0.15) is 5.10 Å². The number of anilines is 1. The molecule has 0 saturated heterocycles. The normalized spacial score (nSPS) is 10.7. The highest BCUT2D eigenvalue weighted by atomic mass is 16.5. The topological polar surface area (TPSA) is 112 Å². The van der Waals surface area contributed by atoms with Gasteiger partial charge in [-0.15, -0.1) is 10.2 Å². The third-order valence-electron chi connectivity index (χ3n) is 2.24. The van der Waals surface area contributed by atoms with Gasteiger partial charge in [-0.25, -0.2) is 5.43 Å². The molecule has 2 rings (SSSR count). The SMILES string of the molecule is CCOc1cc(C=NNc2nncc(=O)[nH]2)ccc1O. The van der Waals surface area contributed by atoms with Crippen LogP contribution in [-0.2, 0) is 0 Å². The lowest BCUT2D eigenvalue weighted by atomic mass is 10.2. The van der Waals surface area contributed by atoms with Crippen molar-refractivity contribution in [1.29, 1.82) is 0 Å². The quantitative estimate of drug-likeness (QED) is 0.547. The Bertz CT molecular complexity index is 668. The van der Waals surface area contributed by atoms with Gasteiger partial charge in [-0.1, -0.05) is 0 Å². The van der Waals surface area contributed by atoms with Crippen LogP contribution in [-0.4, -0.2) is 33.1 Å². The maximum atomic E-state index is 11.0. The molecule has 0 spiro atoms. The summed E-state index contributed by atoms with van der Waals surface area (Å²) >= 11 is 0. The Hall–Kier alpha value is -2.90. The number of hydrazone groups is 1. The van der Waals surface area contributed by atoms with E-state index in [0.717, 1.165) is 6.20 Å². The maximum absolute atomic E-state index is 11.0. The summed E-state index contributed by atoms with van der Waals surface area (Å²) in [7, 11) is 0. The molecule has 20 heavy (non-hydrogen) atoms. The molecule has 0 aliphatic rings. The molecule has 1 aromatic carbocycles. The van der Waals surface area contributed by atoms with E-state index in [1.165, 1.54) is 12.3 Å². The third-order valence-corrected chi connectivity index (χ3v) is 2.24. The largest absolute Gasteiger partial charge is 0.504 e. The highest BCUT2D eigenvalue weighted by Crippen LogP contribution is 2.26. The number of phenolic OH excluding ortho intramolecular Hbond substituents is 1. The van der Waals surface area contributed by atoms with E-state index in [1.807, 2.05) is 6.92 Å². The van der Waals surface area contributed by atoms with Crippen molar-refractivity contribution in [2.75, 3.05) is 12.0 Å². The number of aromatic amines is 1. The van der Waals surface area contributed by atoms with Gasteiger partial charge in [0.15, 0.2) is 11.5 Å². The average molecular weight is 275 g/mol. The van der Waals surface area contributed by atoms with Crippen LogP contribution in [0.25, 0.3) is 0 Å². The van der Waals surface area contributed by atoms with Crippen LogP contribution < -0.4 is 15.7 Å². The molecule has 8 nitrogen and oxygen atoms in total. The fourth-order valence-corrected chi connectivity index (χ4v) is 1.41. The van der Waals surface area contributed by atoms with E-state index < -0.39 is 0 Å². The standard InChI is InChI=1S/C12H13N5O3/c1-2-20-10-5-8(3-4-9(10)18)6-13-16-12-15-11(19)7-14-17-12/h3-7,18H,2H2,1H3,(H2,15,16,17,19). The number of aromatic nitrogens is 3. The minimum atomic E-state index is -0.374. The highest BCUT2D eigenvalue weighted by Gasteiger charge is 2.02. The van der Waals surface area contributed by atoms with Crippen molar-refractivity contribution in [3.8, 4) is 11.5 Å². The number of benzene rings is 1. The summed E-state index contributed by atoms with van der Waals surface area (Å²) in [5.41, 5.74) is 2.88. The van der Waals surface area contributed by atoms with E-state index in [9.17, 15) is 9.90 Å². The summed E-state index contributed by atoms with van der Waals surface area (Å²) in [6, 6.07) is 4.82. The predicted molar refractivity (Wildman–Crippen MR) is 73.1 cm³/mol. The zero-order chi connectivity index (χ0) is 14.4. The molecule has 0 aliphatic carbocycles. The molecule has 0 amide bonds. The van der Waals surface area contributed by atoms with Gasteiger partial charge < -0.3 is 9.84 Å². The number of rotatable bonds is 5. The summed E-state index contributed by atoms with van der Waals surface area (Å²) in [6.45, 7) is 2.28. The van der Waals surface area contributed by atoms with Crippen molar-refractivity contribution in [3.63, 3.8) is 0 Å². The first kappa shape index (κ1) is 13.5. The molecule has 0 bridgehead atoms. The zero-order valence-corrected chi connectivity index (χ0v) is 10.7. The average Bonchev–Trinajstić information content (AvgIpc) is 2.43. The van der Waals surface area contributed by atoms with Crippen LogP contribution in [0.15, 0.2) is 34.3 Å². The molecule has 0 fully saturated rings. The second kappa shape index (κ2) is 6.32. The number of nitrogens with one attached hydrogen (secondary N) is 2. The van der Waals surface area contributed by atoms with Gasteiger partial charge in [-0.3, -0.25) is 9.78 Å². The first-order valence-corrected chi connectivity index (χ1v) is 5.86. The van der Waals surface area contributed by atoms with Crippen molar-refractivity contribution < 1.29 is 9.84 Å². The second-order valence-electron chi connectivity index (χ2n) is 3.71. The Morgan fingerprint density at radius 3 is 3.15 bits per heavy atom. The molecule has 2 aromatic rings. The number of phenols is 1. The maximum Gasteiger partial charge on any atom is 0.271 e. The molecule has 1 aromatic heterocycles. The van der Waals surface area contributed by atoms with Crippen molar-refractivity contribution in [2.24, 2.45) is 5.10 Å². The Morgan fingerprint density at radius 2 is 2.40 bits per heavy atom. The van der Waals surface area contributed by atoms with Gasteiger partial charge in [0.25, 0.3) is 5.56 Å². The third kappa shape index (κ3) is 3.55. The minimum absolute atomic E-state index is 0.0650. The van der Waals surface area contributed by atoms with Gasteiger partial charge in [-0.05, 0) is 30.7 Å². The number of hydrogen-bond acceptors (Lipinski definition) is 7. The van der Waals surface area contributed by atoms with Crippen LogP contribution in [0.4, 0.5) is 5.95 Å². The fraction of sp³-hybridized carbons (Fsp3) is 0.167. The van der Waals surface area contributed by atoms with E-state index in [-0.39, 0.29) is 17.3 Å². The van der Waals surface area contributed by atoms with Crippen molar-refractivity contribution >= 4 is 12.2 Å². The fourth-order valence-electron chi connectivity index (χ4n) is 1.41. The van der Waals surface area contributed by atoms with E-state index >= 15 is 0 Å². The second-order valence-corrected chi connectivity index (χ2v) is 3.71. The van der Waals surface area contributed by atoms with Gasteiger partial charge in [0.2, 0.25) is 5.95 Å². The van der Waals surface area contributed by atoms with Gasteiger partial charge in [0, 0.05) is 0 Å². The molecule has 8 heteroatoms. The summed E-state index contributed by atoms with van der Waals surface area (Å²) in [4.78, 5) is 13.4. The van der Waals surface area contributed by atoms with Gasteiger partial charge in [0.1, 0.15) is 6.20 Å². The summed E-state index contributed by atoms with van der Waals surface area (Å²) in [5, 5.41) is 20.6. The predicted octanol–water partition coefficient (Wildman–Crippen LogP) is 0.715. The molecule has 0 radical (unpaired) electrons. The van der Waals surface area contributed by atoms with Crippen LogP contribution in [0.3, 0.4) is 0 Å². The lowest BCUT2D eigenvalue weighted by molar-refractivity contribution is 0.318.